The zero-order valence-corrected chi connectivity index (χ0v) is 31.5. The van der Waals surface area contributed by atoms with Gasteiger partial charge in [0.05, 0.1) is 37.4 Å². The van der Waals surface area contributed by atoms with Crippen molar-refractivity contribution in [3.8, 4) is 5.75 Å². The second-order valence-electron chi connectivity index (χ2n) is 11.1. The molecule has 2 unspecified atom stereocenters. The molecular weight excluding hydrogens is 808 g/mol. The summed E-state index contributed by atoms with van der Waals surface area (Å²) >= 11 is 0. The van der Waals surface area contributed by atoms with E-state index < -0.39 is 28.1 Å². The highest BCUT2D eigenvalue weighted by Crippen LogP contribution is 2.35. The topological polar surface area (TPSA) is 171 Å². The Bertz CT molecular complexity index is 1780. The largest absolute Gasteiger partial charge is 0.497 e. The van der Waals surface area contributed by atoms with Crippen LogP contribution in [0.5, 0.6) is 5.75 Å². The van der Waals surface area contributed by atoms with Gasteiger partial charge in [0.2, 0.25) is 10.0 Å². The number of carbonyl (C=O) groups is 3. The summed E-state index contributed by atoms with van der Waals surface area (Å²) < 4.78 is 75.3. The van der Waals surface area contributed by atoms with Gasteiger partial charge >= 0.3 is 24.1 Å². The van der Waals surface area contributed by atoms with E-state index in [1.807, 2.05) is 18.2 Å². The van der Waals surface area contributed by atoms with Crippen LogP contribution in [0.25, 0.3) is 0 Å². The predicted molar refractivity (Wildman–Crippen MR) is 197 cm³/mol. The lowest BCUT2D eigenvalue weighted by Gasteiger charge is -2.18. The molecule has 0 fully saturated rings. The minimum atomic E-state index is -5.08. The molecule has 3 aromatic rings. The number of carboxylic acids is 1. The number of rotatable bonds is 6. The quantitative estimate of drug-likeness (QED) is 0.136. The van der Waals surface area contributed by atoms with Crippen molar-refractivity contribution < 1.29 is 55.3 Å². The fourth-order valence-corrected chi connectivity index (χ4v) is 7.25. The standard InChI is InChI=1S/C20H23NO5S.C11H13NO2.C2HF3O2.CH4.CH3.HI/c1-12-9-16(25-3)10-13(2)19(12)27(23,24)21-18-8-7-14-5-6-15(11-17(14)18)20(22)26-4;1-14-11(13)8-3-2-7-4-5-10(12)9(7)6-8;3-2(4,5)1(6)7;;;/h5-6,9-11,18,21H,7-8H2,1-4H3;2-3,6,10H,4-5,12H2,1H3;(H,6,7);1H4;1H3;1H/q;;;;-1;. The number of nitrogens with two attached hydrogens (primary N) is 1. The van der Waals surface area contributed by atoms with Crippen LogP contribution in [-0.2, 0) is 37.1 Å². The zero-order chi connectivity index (χ0) is 36.0. The first kappa shape index (κ1) is 47.3. The monoisotopic (exact) mass is 853 g/mol. The molecule has 5 rings (SSSR count). The Morgan fingerprint density at radius 1 is 0.843 bits per heavy atom. The van der Waals surface area contributed by atoms with E-state index in [1.165, 1.54) is 19.8 Å². The van der Waals surface area contributed by atoms with Gasteiger partial charge in [-0.2, -0.15) is 13.2 Å². The van der Waals surface area contributed by atoms with Crippen LogP contribution in [0.1, 0.15) is 86.4 Å². The Morgan fingerprint density at radius 2 is 1.27 bits per heavy atom. The SMILES string of the molecule is C.COC(=O)c1ccc2c(c1)C(N)CC2.COC(=O)c1ccc2c(c1)C(NS(=O)(=O)c1c(C)cc(OC)cc1C)CC2.I.O=C(O)C(F)(F)F.[CH3-]. The highest BCUT2D eigenvalue weighted by Gasteiger charge is 2.38. The van der Waals surface area contributed by atoms with E-state index in [2.05, 4.69) is 9.46 Å². The summed E-state index contributed by atoms with van der Waals surface area (Å²) in [6, 6.07) is 14.0. The van der Waals surface area contributed by atoms with Gasteiger partial charge in [-0.15, -0.1) is 24.0 Å². The fourth-order valence-electron chi connectivity index (χ4n) is 5.55. The summed E-state index contributed by atoms with van der Waals surface area (Å²) in [5.41, 5.74) is 12.4. The lowest BCUT2D eigenvalue weighted by Crippen LogP contribution is -2.28. The number of hydrogen-bond acceptors (Lipinski definition) is 9. The summed E-state index contributed by atoms with van der Waals surface area (Å²) in [6.07, 6.45) is -1.70. The van der Waals surface area contributed by atoms with Crippen molar-refractivity contribution in [3.63, 3.8) is 0 Å². The third-order valence-corrected chi connectivity index (χ3v) is 9.59. The van der Waals surface area contributed by atoms with Crippen LogP contribution in [0.15, 0.2) is 53.4 Å². The molecule has 4 N–H and O–H groups in total. The molecule has 0 bridgehead atoms. The van der Waals surface area contributed by atoms with Gasteiger partial charge in [0, 0.05) is 12.1 Å². The van der Waals surface area contributed by atoms with Gasteiger partial charge in [0.15, 0.2) is 0 Å². The Hall–Kier alpha value is -3.74. The number of sulfonamides is 1. The minimum Gasteiger partial charge on any atom is -0.497 e. The molecule has 11 nitrogen and oxygen atoms in total. The average molecular weight is 854 g/mol. The Kier molecular flexibility index (Phi) is 18.3. The van der Waals surface area contributed by atoms with E-state index in [-0.39, 0.29) is 61.8 Å². The summed E-state index contributed by atoms with van der Waals surface area (Å²) in [6.45, 7) is 3.50. The molecule has 0 aliphatic heterocycles. The molecule has 2 aliphatic rings. The molecule has 2 aliphatic carbocycles. The maximum atomic E-state index is 13.1. The first-order chi connectivity index (χ1) is 22.4. The third kappa shape index (κ3) is 11.9. The molecule has 0 amide bonds. The number of aryl methyl sites for hydroxylation is 4. The minimum absolute atomic E-state index is 0. The first-order valence-electron chi connectivity index (χ1n) is 14.6. The molecule has 0 saturated heterocycles. The molecule has 0 saturated carbocycles. The Labute approximate surface area is 314 Å². The number of benzene rings is 3. The lowest BCUT2D eigenvalue weighted by atomic mass is 10.0. The van der Waals surface area contributed by atoms with E-state index in [0.717, 1.165) is 36.0 Å². The predicted octanol–water partition coefficient (Wildman–Crippen LogP) is 6.82. The number of halogens is 4. The lowest BCUT2D eigenvalue weighted by molar-refractivity contribution is -0.192. The van der Waals surface area contributed by atoms with E-state index in [1.54, 1.807) is 51.3 Å². The second-order valence-corrected chi connectivity index (χ2v) is 12.7. The fraction of sp³-hybridized carbons (Fsp3) is 0.371. The molecule has 0 spiro atoms. The van der Waals surface area contributed by atoms with Crippen LogP contribution < -0.4 is 15.2 Å². The third-order valence-electron chi connectivity index (χ3n) is 7.81. The van der Waals surface area contributed by atoms with Gasteiger partial charge in [-0.05, 0) is 109 Å². The number of carboxylic acid groups (broad SMARTS) is 1. The smallest absolute Gasteiger partial charge is 0.490 e. The molecule has 0 radical (unpaired) electrons. The van der Waals surface area contributed by atoms with E-state index in [4.69, 9.17) is 25.1 Å². The van der Waals surface area contributed by atoms with E-state index in [0.29, 0.717) is 34.4 Å². The van der Waals surface area contributed by atoms with Crippen LogP contribution in [0.4, 0.5) is 13.2 Å². The number of aliphatic carboxylic acids is 1. The van der Waals surface area contributed by atoms with Crippen molar-refractivity contribution in [2.75, 3.05) is 21.3 Å². The summed E-state index contributed by atoms with van der Waals surface area (Å²) in [7, 11) is 0.526. The number of nitrogens with one attached hydrogen (secondary N) is 1. The number of fused-ring (bicyclic) bond motifs is 2. The highest BCUT2D eigenvalue weighted by atomic mass is 127. The summed E-state index contributed by atoms with van der Waals surface area (Å²) in [5, 5.41) is 7.12. The Morgan fingerprint density at radius 3 is 1.71 bits per heavy atom. The average Bonchev–Trinajstić information content (AvgIpc) is 3.61. The van der Waals surface area contributed by atoms with Crippen LogP contribution in [0.2, 0.25) is 0 Å². The van der Waals surface area contributed by atoms with E-state index in [9.17, 15) is 31.2 Å². The van der Waals surface area contributed by atoms with Gasteiger partial charge in [-0.25, -0.2) is 27.5 Å². The molecule has 0 heterocycles. The molecule has 3 aromatic carbocycles. The summed E-state index contributed by atoms with van der Waals surface area (Å²) in [4.78, 5) is 32.2. The number of hydrogen-bond donors (Lipinski definition) is 3. The van der Waals surface area contributed by atoms with Crippen LogP contribution >= 0.6 is 24.0 Å². The van der Waals surface area contributed by atoms with Crippen molar-refractivity contribution in [3.05, 3.63) is 100 Å². The normalized spacial score (nSPS) is 15.3. The number of esters is 2. The summed E-state index contributed by atoms with van der Waals surface area (Å²) in [5.74, 6) is -2.87. The van der Waals surface area contributed by atoms with Crippen molar-refractivity contribution in [1.82, 2.24) is 4.72 Å². The van der Waals surface area contributed by atoms with Crippen molar-refractivity contribution in [1.29, 1.82) is 0 Å². The van der Waals surface area contributed by atoms with E-state index >= 15 is 0 Å². The van der Waals surface area contributed by atoms with Crippen molar-refractivity contribution >= 4 is 51.9 Å². The number of ether oxygens (including phenoxy) is 3. The maximum Gasteiger partial charge on any atom is 0.490 e. The highest BCUT2D eigenvalue weighted by molar-refractivity contribution is 14.0. The maximum absolute atomic E-state index is 13.1. The zero-order valence-electron chi connectivity index (χ0n) is 28.3. The van der Waals surface area contributed by atoms with Crippen LogP contribution in [-0.4, -0.2) is 58.9 Å². The number of methoxy groups -OCH3 is 3. The van der Waals surface area contributed by atoms with Gasteiger partial charge < -0.3 is 32.5 Å². The molecule has 16 heteroatoms. The van der Waals surface area contributed by atoms with Gasteiger partial charge in [-0.3, -0.25) is 0 Å². The second kappa shape index (κ2) is 19.8. The van der Waals surface area contributed by atoms with Gasteiger partial charge in [0.25, 0.3) is 0 Å². The first-order valence-corrected chi connectivity index (χ1v) is 16.1. The molecule has 0 aromatic heterocycles. The number of alkyl halides is 3. The van der Waals surface area contributed by atoms with Crippen LogP contribution in [0, 0.1) is 21.3 Å². The molecule has 51 heavy (non-hydrogen) atoms. The molecule has 2 atom stereocenters. The van der Waals surface area contributed by atoms with Gasteiger partial charge in [-0.1, -0.05) is 19.6 Å². The van der Waals surface area contributed by atoms with Crippen molar-refractivity contribution in [2.24, 2.45) is 5.73 Å². The Balaban J connectivity index is 0.000000875. The van der Waals surface area contributed by atoms with Crippen molar-refractivity contribution in [2.45, 2.75) is 70.1 Å². The van der Waals surface area contributed by atoms with Crippen LogP contribution in [0.3, 0.4) is 0 Å². The van der Waals surface area contributed by atoms with Gasteiger partial charge in [0.1, 0.15) is 5.75 Å². The molecular formula is C35H45F3IN2O9S-. The number of carbonyl (C=O) groups excluding carboxylic acids is 2. The molecule has 284 valence electrons.